The summed E-state index contributed by atoms with van der Waals surface area (Å²) < 4.78 is 45.0. The molecule has 130 valence electrons. The molecule has 3 rings (SSSR count). The molecule has 1 saturated carbocycles. The third kappa shape index (κ3) is 3.52. The van der Waals surface area contributed by atoms with Crippen LogP contribution in [0.3, 0.4) is 0 Å². The van der Waals surface area contributed by atoms with Crippen molar-refractivity contribution in [2.75, 3.05) is 7.11 Å². The highest BCUT2D eigenvalue weighted by Gasteiger charge is 2.32. The van der Waals surface area contributed by atoms with Gasteiger partial charge < -0.3 is 4.74 Å². The van der Waals surface area contributed by atoms with Crippen LogP contribution in [0.1, 0.15) is 43.1 Å². The van der Waals surface area contributed by atoms with Crippen LogP contribution in [-0.4, -0.2) is 33.0 Å². The van der Waals surface area contributed by atoms with Crippen molar-refractivity contribution in [3.05, 3.63) is 23.8 Å². The summed E-state index contributed by atoms with van der Waals surface area (Å²) in [6.45, 7) is 0.595. The monoisotopic (exact) mass is 340 g/mol. The summed E-state index contributed by atoms with van der Waals surface area (Å²) in [6.07, 6.45) is 1.08. The number of halogens is 3. The molecular formula is C16H19F3N4O. The smallest absolute Gasteiger partial charge is 0.408 e. The van der Waals surface area contributed by atoms with E-state index >= 15 is 0 Å². The molecule has 8 heteroatoms. The Balaban J connectivity index is 2.09. The first-order chi connectivity index (χ1) is 11.4. The molecule has 0 spiro atoms. The molecule has 1 fully saturated rings. The molecule has 0 aromatic carbocycles. The summed E-state index contributed by atoms with van der Waals surface area (Å²) in [5.41, 5.74) is 1.15. The maximum Gasteiger partial charge on any atom is 0.408 e. The van der Waals surface area contributed by atoms with Crippen LogP contribution in [0, 0.1) is 6.92 Å². The molecule has 0 N–H and O–H groups in total. The van der Waals surface area contributed by atoms with Gasteiger partial charge in [0.05, 0.1) is 18.9 Å². The molecule has 0 amide bonds. The zero-order chi connectivity index (χ0) is 17.3. The second-order valence-corrected chi connectivity index (χ2v) is 6.07. The molecule has 2 aromatic rings. The quantitative estimate of drug-likeness (QED) is 0.848. The van der Waals surface area contributed by atoms with E-state index in [1.165, 1.54) is 13.3 Å². The predicted octanol–water partition coefficient (Wildman–Crippen LogP) is 3.88. The third-order valence-corrected chi connectivity index (χ3v) is 4.20. The number of methoxy groups -OCH3 is 1. The van der Waals surface area contributed by atoms with Gasteiger partial charge in [-0.1, -0.05) is 12.8 Å². The van der Waals surface area contributed by atoms with E-state index in [2.05, 4.69) is 15.1 Å². The molecule has 1 aliphatic carbocycles. The van der Waals surface area contributed by atoms with E-state index in [1.807, 2.05) is 0 Å². The van der Waals surface area contributed by atoms with Crippen LogP contribution in [0.2, 0.25) is 0 Å². The maximum atomic E-state index is 13.0. The first-order valence-electron chi connectivity index (χ1n) is 7.90. The predicted molar refractivity (Wildman–Crippen MR) is 81.8 cm³/mol. The van der Waals surface area contributed by atoms with Gasteiger partial charge in [0.25, 0.3) is 0 Å². The number of ether oxygens (including phenoxy) is 1. The summed E-state index contributed by atoms with van der Waals surface area (Å²) in [7, 11) is 1.46. The maximum absolute atomic E-state index is 13.0. The highest BCUT2D eigenvalue weighted by atomic mass is 19.4. The van der Waals surface area contributed by atoms with Crippen LogP contribution >= 0.6 is 0 Å². The zero-order valence-corrected chi connectivity index (χ0v) is 13.6. The van der Waals surface area contributed by atoms with E-state index in [9.17, 15) is 13.2 Å². The van der Waals surface area contributed by atoms with Gasteiger partial charge in [-0.25, -0.2) is 9.67 Å². The Morgan fingerprint density at radius 3 is 2.62 bits per heavy atom. The molecule has 0 radical (unpaired) electrons. The third-order valence-electron chi connectivity index (χ3n) is 4.20. The SMILES string of the molecule is COc1cnc(C)cc1-c1nc(C2CCCC2)nn1CC(F)(F)F. The second kappa shape index (κ2) is 6.41. The molecule has 5 nitrogen and oxygen atoms in total. The van der Waals surface area contributed by atoms with Crippen molar-refractivity contribution in [1.82, 2.24) is 19.7 Å². The molecule has 24 heavy (non-hydrogen) atoms. The normalized spacial score (nSPS) is 15.9. The van der Waals surface area contributed by atoms with Crippen molar-refractivity contribution < 1.29 is 17.9 Å². The minimum atomic E-state index is -4.37. The Kier molecular flexibility index (Phi) is 4.47. The number of rotatable bonds is 4. The van der Waals surface area contributed by atoms with E-state index in [0.29, 0.717) is 22.8 Å². The highest BCUT2D eigenvalue weighted by Crippen LogP contribution is 2.36. The van der Waals surface area contributed by atoms with E-state index in [1.54, 1.807) is 13.0 Å². The number of hydrogen-bond donors (Lipinski definition) is 0. The Bertz CT molecular complexity index is 721. The fraction of sp³-hybridized carbons (Fsp3) is 0.562. The molecule has 0 bridgehead atoms. The minimum Gasteiger partial charge on any atom is -0.494 e. The first-order valence-corrected chi connectivity index (χ1v) is 7.90. The Hall–Kier alpha value is -2.12. The lowest BCUT2D eigenvalue weighted by atomic mass is 10.1. The summed E-state index contributed by atoms with van der Waals surface area (Å²) in [5.74, 6) is 1.18. The molecule has 2 aromatic heterocycles. The van der Waals surface area contributed by atoms with Crippen molar-refractivity contribution in [3.63, 3.8) is 0 Å². The van der Waals surface area contributed by atoms with Crippen molar-refractivity contribution in [2.24, 2.45) is 0 Å². The van der Waals surface area contributed by atoms with Gasteiger partial charge in [-0.2, -0.15) is 18.3 Å². The largest absolute Gasteiger partial charge is 0.494 e. The zero-order valence-electron chi connectivity index (χ0n) is 13.6. The number of alkyl halides is 3. The van der Waals surface area contributed by atoms with Crippen LogP contribution < -0.4 is 4.74 Å². The van der Waals surface area contributed by atoms with Gasteiger partial charge in [0, 0.05) is 11.6 Å². The van der Waals surface area contributed by atoms with Crippen molar-refractivity contribution in [1.29, 1.82) is 0 Å². The lowest BCUT2D eigenvalue weighted by Crippen LogP contribution is -2.19. The van der Waals surface area contributed by atoms with Crippen LogP contribution in [0.4, 0.5) is 13.2 Å². The van der Waals surface area contributed by atoms with Gasteiger partial charge in [-0.15, -0.1) is 0 Å². The van der Waals surface area contributed by atoms with E-state index in [4.69, 9.17) is 4.74 Å². The van der Waals surface area contributed by atoms with Gasteiger partial charge in [0.1, 0.15) is 12.3 Å². The van der Waals surface area contributed by atoms with Gasteiger partial charge in [-0.05, 0) is 25.8 Å². The molecular weight excluding hydrogens is 321 g/mol. The number of nitrogens with zero attached hydrogens (tertiary/aromatic N) is 4. The summed E-state index contributed by atoms with van der Waals surface area (Å²) in [5, 5.41) is 4.17. The van der Waals surface area contributed by atoms with Crippen LogP contribution in [0.5, 0.6) is 5.75 Å². The van der Waals surface area contributed by atoms with Gasteiger partial charge in [0.15, 0.2) is 11.6 Å². The van der Waals surface area contributed by atoms with Gasteiger partial charge in [0.2, 0.25) is 0 Å². The van der Waals surface area contributed by atoms with E-state index in [0.717, 1.165) is 30.4 Å². The molecule has 1 aliphatic rings. The lowest BCUT2D eigenvalue weighted by molar-refractivity contribution is -0.142. The van der Waals surface area contributed by atoms with Crippen LogP contribution in [-0.2, 0) is 6.54 Å². The summed E-state index contributed by atoms with van der Waals surface area (Å²) >= 11 is 0. The molecule has 2 heterocycles. The molecule has 0 saturated heterocycles. The van der Waals surface area contributed by atoms with E-state index < -0.39 is 12.7 Å². The number of aryl methyl sites for hydroxylation is 1. The Morgan fingerprint density at radius 2 is 2.00 bits per heavy atom. The van der Waals surface area contributed by atoms with Crippen molar-refractivity contribution in [3.8, 4) is 17.1 Å². The van der Waals surface area contributed by atoms with Gasteiger partial charge in [-0.3, -0.25) is 4.98 Å². The summed E-state index contributed by atoms with van der Waals surface area (Å²) in [4.78, 5) is 8.56. The van der Waals surface area contributed by atoms with Crippen LogP contribution in [0.15, 0.2) is 12.3 Å². The number of pyridine rings is 1. The van der Waals surface area contributed by atoms with Crippen molar-refractivity contribution in [2.45, 2.75) is 51.2 Å². The van der Waals surface area contributed by atoms with Crippen LogP contribution in [0.25, 0.3) is 11.4 Å². The fourth-order valence-corrected chi connectivity index (χ4v) is 3.08. The van der Waals surface area contributed by atoms with E-state index in [-0.39, 0.29) is 11.7 Å². The minimum absolute atomic E-state index is 0.132. The summed E-state index contributed by atoms with van der Waals surface area (Å²) in [6, 6.07) is 1.67. The standard InChI is InChI=1S/C16H19F3N4O/c1-10-7-12(13(24-2)8-20-10)15-21-14(11-5-3-4-6-11)22-23(15)9-16(17,18)19/h7-8,11H,3-6,9H2,1-2H3. The molecule has 0 unspecified atom stereocenters. The fourth-order valence-electron chi connectivity index (χ4n) is 3.08. The average molecular weight is 340 g/mol. The molecule has 0 aliphatic heterocycles. The number of aromatic nitrogens is 4. The average Bonchev–Trinajstić information content (AvgIpc) is 3.14. The first kappa shape index (κ1) is 16.7. The number of hydrogen-bond acceptors (Lipinski definition) is 4. The highest BCUT2D eigenvalue weighted by molar-refractivity contribution is 5.64. The second-order valence-electron chi connectivity index (χ2n) is 6.07. The Morgan fingerprint density at radius 1 is 1.29 bits per heavy atom. The molecule has 0 atom stereocenters. The van der Waals surface area contributed by atoms with Crippen molar-refractivity contribution >= 4 is 0 Å². The Labute approximate surface area is 137 Å². The van der Waals surface area contributed by atoms with Gasteiger partial charge >= 0.3 is 6.18 Å². The topological polar surface area (TPSA) is 52.8 Å². The lowest BCUT2D eigenvalue weighted by Gasteiger charge is -2.11.